The van der Waals surface area contributed by atoms with E-state index in [0.717, 1.165) is 18.5 Å². The van der Waals surface area contributed by atoms with Crippen LogP contribution < -0.4 is 0 Å². The molecular formula is C13H9F3N2O2. The highest BCUT2D eigenvalue weighted by Crippen LogP contribution is 2.30. The van der Waals surface area contributed by atoms with Gasteiger partial charge in [-0.05, 0) is 30.7 Å². The summed E-state index contributed by atoms with van der Waals surface area (Å²) in [6.45, 7) is 1.27. The zero-order chi connectivity index (χ0) is 14.8. The number of carbonyl (C=O) groups is 1. The Labute approximate surface area is 111 Å². The number of hydrogen-bond donors (Lipinski definition) is 0. The summed E-state index contributed by atoms with van der Waals surface area (Å²) in [5.74, 6) is -0.415. The van der Waals surface area contributed by atoms with Crippen LogP contribution in [-0.4, -0.2) is 16.0 Å². The van der Waals surface area contributed by atoms with Crippen molar-refractivity contribution >= 4 is 17.4 Å². The molecule has 0 fully saturated rings. The van der Waals surface area contributed by atoms with Gasteiger partial charge in [0, 0.05) is 0 Å². The average molecular weight is 282 g/mol. The maximum Gasteiger partial charge on any atom is 0.416 e. The number of halogens is 3. The molecule has 0 spiro atoms. The number of ketones is 1. The van der Waals surface area contributed by atoms with Crippen LogP contribution in [0.2, 0.25) is 0 Å². The number of carbonyl (C=O) groups excluding carboxylic acids is 1. The van der Waals surface area contributed by atoms with Crippen LogP contribution >= 0.6 is 0 Å². The predicted octanol–water partition coefficient (Wildman–Crippen LogP) is 3.22. The Balaban J connectivity index is 2.45. The fourth-order valence-electron chi connectivity index (χ4n) is 1.58. The van der Waals surface area contributed by atoms with Gasteiger partial charge in [-0.1, -0.05) is 12.1 Å². The molecular weight excluding hydrogens is 273 g/mol. The number of aromatic nitrogens is 2. The predicted molar refractivity (Wildman–Crippen MR) is 64.3 cm³/mol. The molecule has 1 aromatic carbocycles. The maximum atomic E-state index is 12.6. The highest BCUT2D eigenvalue weighted by atomic mass is 19.4. The van der Waals surface area contributed by atoms with Gasteiger partial charge in [0.25, 0.3) is 5.89 Å². The number of benzene rings is 1. The average Bonchev–Trinajstić information content (AvgIpc) is 2.88. The Hall–Kier alpha value is -2.44. The van der Waals surface area contributed by atoms with Crippen molar-refractivity contribution in [1.82, 2.24) is 10.2 Å². The smallest absolute Gasteiger partial charge is 0.416 e. The van der Waals surface area contributed by atoms with Crippen LogP contribution in [0, 0.1) is 0 Å². The zero-order valence-electron chi connectivity index (χ0n) is 10.3. The Morgan fingerprint density at radius 2 is 2.10 bits per heavy atom. The summed E-state index contributed by atoms with van der Waals surface area (Å²) in [5.41, 5.74) is -0.510. The molecule has 0 unspecified atom stereocenters. The Morgan fingerprint density at radius 1 is 1.35 bits per heavy atom. The van der Waals surface area contributed by atoms with Gasteiger partial charge in [0.1, 0.15) is 0 Å². The van der Waals surface area contributed by atoms with E-state index in [4.69, 9.17) is 4.42 Å². The first-order chi connectivity index (χ1) is 9.38. The molecule has 0 radical (unpaired) electrons. The second-order valence-corrected chi connectivity index (χ2v) is 3.98. The first kappa shape index (κ1) is 14.0. The molecule has 104 valence electrons. The van der Waals surface area contributed by atoms with Gasteiger partial charge in [-0.3, -0.25) is 4.79 Å². The third-order valence-corrected chi connectivity index (χ3v) is 2.49. The van der Waals surface area contributed by atoms with Gasteiger partial charge in [0.05, 0.1) is 11.1 Å². The molecule has 1 aromatic heterocycles. The molecule has 2 rings (SSSR count). The Morgan fingerprint density at radius 3 is 2.65 bits per heavy atom. The van der Waals surface area contributed by atoms with Gasteiger partial charge in [0.2, 0.25) is 6.39 Å². The Kier molecular flexibility index (Phi) is 3.69. The third-order valence-electron chi connectivity index (χ3n) is 2.49. The summed E-state index contributed by atoms with van der Waals surface area (Å²) in [4.78, 5) is 11.5. The second kappa shape index (κ2) is 5.28. The molecule has 2 aromatic rings. The van der Waals surface area contributed by atoms with Crippen LogP contribution in [0.5, 0.6) is 0 Å². The lowest BCUT2D eigenvalue weighted by Crippen LogP contribution is -2.04. The third kappa shape index (κ3) is 3.11. The molecule has 0 aliphatic rings. The summed E-state index contributed by atoms with van der Waals surface area (Å²) in [5, 5.41) is 7.01. The first-order valence-electron chi connectivity index (χ1n) is 5.54. The fourth-order valence-corrected chi connectivity index (χ4v) is 1.58. The quantitative estimate of drug-likeness (QED) is 0.811. The number of hydrogen-bond acceptors (Lipinski definition) is 4. The molecule has 0 N–H and O–H groups in total. The van der Waals surface area contributed by atoms with E-state index in [1.165, 1.54) is 25.1 Å². The summed E-state index contributed by atoms with van der Waals surface area (Å²) in [6.07, 6.45) is -2.12. The van der Waals surface area contributed by atoms with Crippen molar-refractivity contribution in [3.63, 3.8) is 0 Å². The normalized spacial score (nSPS) is 12.5. The lowest BCUT2D eigenvalue weighted by Gasteiger charge is -2.07. The van der Waals surface area contributed by atoms with Crippen LogP contribution in [0.3, 0.4) is 0 Å². The minimum absolute atomic E-state index is 0.0325. The molecule has 0 amide bonds. The largest absolute Gasteiger partial charge is 0.423 e. The van der Waals surface area contributed by atoms with Crippen molar-refractivity contribution in [3.8, 4) is 0 Å². The highest BCUT2D eigenvalue weighted by molar-refractivity contribution is 6.22. The van der Waals surface area contributed by atoms with Gasteiger partial charge in [-0.15, -0.1) is 10.2 Å². The van der Waals surface area contributed by atoms with Gasteiger partial charge < -0.3 is 4.42 Å². The van der Waals surface area contributed by atoms with Crippen molar-refractivity contribution in [2.75, 3.05) is 0 Å². The van der Waals surface area contributed by atoms with Gasteiger partial charge in [0.15, 0.2) is 5.78 Å². The number of rotatable bonds is 3. The summed E-state index contributed by atoms with van der Waals surface area (Å²) in [7, 11) is 0. The van der Waals surface area contributed by atoms with Gasteiger partial charge >= 0.3 is 6.18 Å². The van der Waals surface area contributed by atoms with Gasteiger partial charge in [-0.25, -0.2) is 0 Å². The molecule has 20 heavy (non-hydrogen) atoms. The monoisotopic (exact) mass is 282 g/mol. The Bertz CT molecular complexity index is 646. The molecule has 1 heterocycles. The minimum atomic E-state index is -4.44. The molecule has 0 aliphatic heterocycles. The van der Waals surface area contributed by atoms with Crippen LogP contribution in [0.4, 0.5) is 13.2 Å². The summed E-state index contributed by atoms with van der Waals surface area (Å²) >= 11 is 0. The van der Waals surface area contributed by atoms with E-state index in [-0.39, 0.29) is 22.8 Å². The van der Waals surface area contributed by atoms with Crippen LogP contribution in [0.1, 0.15) is 23.9 Å². The molecule has 0 saturated carbocycles. The standard InChI is InChI=1S/C13H9F3N2O2/c1-8(19)11(12-18-17-7-20-12)6-9-3-2-4-10(5-9)13(14,15)16/h2-7H,1H3. The van der Waals surface area contributed by atoms with E-state index in [0.29, 0.717) is 0 Å². The van der Waals surface area contributed by atoms with Crippen molar-refractivity contribution in [3.05, 3.63) is 47.7 Å². The van der Waals surface area contributed by atoms with Crippen molar-refractivity contribution in [2.24, 2.45) is 0 Å². The number of allylic oxidation sites excluding steroid dienone is 1. The molecule has 0 atom stereocenters. The number of Topliss-reactive ketones (excluding diaryl/α,β-unsaturated/α-hetero) is 1. The minimum Gasteiger partial charge on any atom is -0.423 e. The lowest BCUT2D eigenvalue weighted by atomic mass is 10.1. The van der Waals surface area contributed by atoms with Crippen LogP contribution in [0.15, 0.2) is 35.1 Å². The van der Waals surface area contributed by atoms with E-state index in [1.807, 2.05) is 0 Å². The van der Waals surface area contributed by atoms with Crippen LogP contribution in [0.25, 0.3) is 11.6 Å². The molecule has 7 heteroatoms. The topological polar surface area (TPSA) is 56.0 Å². The van der Waals surface area contributed by atoms with E-state index in [9.17, 15) is 18.0 Å². The lowest BCUT2D eigenvalue weighted by molar-refractivity contribution is -0.137. The second-order valence-electron chi connectivity index (χ2n) is 3.98. The van der Waals surface area contributed by atoms with E-state index < -0.39 is 11.7 Å². The summed E-state index contributed by atoms with van der Waals surface area (Å²) < 4.78 is 42.7. The van der Waals surface area contributed by atoms with E-state index >= 15 is 0 Å². The van der Waals surface area contributed by atoms with Crippen molar-refractivity contribution in [2.45, 2.75) is 13.1 Å². The van der Waals surface area contributed by atoms with Gasteiger partial charge in [-0.2, -0.15) is 13.2 Å². The first-order valence-corrected chi connectivity index (χ1v) is 5.54. The molecule has 0 bridgehead atoms. The van der Waals surface area contributed by atoms with Crippen LogP contribution in [-0.2, 0) is 11.0 Å². The van der Waals surface area contributed by atoms with E-state index in [2.05, 4.69) is 10.2 Å². The maximum absolute atomic E-state index is 12.6. The molecule has 0 aliphatic carbocycles. The van der Waals surface area contributed by atoms with Crippen molar-refractivity contribution in [1.29, 1.82) is 0 Å². The number of alkyl halides is 3. The zero-order valence-corrected chi connectivity index (χ0v) is 10.3. The fraction of sp³-hybridized carbons (Fsp3) is 0.154. The summed E-state index contributed by atoms with van der Waals surface area (Å²) in [6, 6.07) is 4.62. The van der Waals surface area contributed by atoms with E-state index in [1.54, 1.807) is 0 Å². The molecule has 0 saturated heterocycles. The number of nitrogens with zero attached hydrogens (tertiary/aromatic N) is 2. The van der Waals surface area contributed by atoms with Crippen molar-refractivity contribution < 1.29 is 22.4 Å². The SMILES string of the molecule is CC(=O)C(=Cc1cccc(C(F)(F)F)c1)c1nnco1. The molecule has 4 nitrogen and oxygen atoms in total. The highest BCUT2D eigenvalue weighted by Gasteiger charge is 2.30.